The van der Waals surface area contributed by atoms with Gasteiger partial charge < -0.3 is 4.57 Å². The van der Waals surface area contributed by atoms with Gasteiger partial charge in [0.2, 0.25) is 0 Å². The van der Waals surface area contributed by atoms with Crippen molar-refractivity contribution in [3.63, 3.8) is 0 Å². The van der Waals surface area contributed by atoms with Gasteiger partial charge >= 0.3 is 0 Å². The molecule has 0 fully saturated rings. The predicted molar refractivity (Wildman–Crippen MR) is 86.5 cm³/mol. The molecule has 0 spiro atoms. The number of rotatable bonds is 4. The van der Waals surface area contributed by atoms with Crippen LogP contribution in [0.2, 0.25) is 0 Å². The maximum absolute atomic E-state index is 4.62. The average molecular weight is 308 g/mol. The fourth-order valence-corrected chi connectivity index (χ4v) is 3.14. The lowest BCUT2D eigenvalue weighted by molar-refractivity contribution is 0.259. The minimum Gasteiger partial charge on any atom is -0.333 e. The molecular formula is C17H20N6. The second-order valence-corrected chi connectivity index (χ2v) is 5.96. The van der Waals surface area contributed by atoms with Crippen molar-refractivity contribution in [3.8, 4) is 0 Å². The number of aromatic nitrogens is 5. The summed E-state index contributed by atoms with van der Waals surface area (Å²) in [6.07, 6.45) is 10.7. The van der Waals surface area contributed by atoms with Gasteiger partial charge in [-0.05, 0) is 24.1 Å². The summed E-state index contributed by atoms with van der Waals surface area (Å²) in [5, 5.41) is 4.30. The number of imidazole rings is 1. The van der Waals surface area contributed by atoms with Crippen molar-refractivity contribution in [1.29, 1.82) is 0 Å². The molecule has 0 atom stereocenters. The third kappa shape index (κ3) is 3.17. The maximum Gasteiger partial charge on any atom is 0.0952 e. The molecule has 0 bridgehead atoms. The second kappa shape index (κ2) is 6.34. The molecular weight excluding hydrogens is 288 g/mol. The van der Waals surface area contributed by atoms with E-state index in [4.69, 9.17) is 0 Å². The quantitative estimate of drug-likeness (QED) is 0.739. The van der Waals surface area contributed by atoms with Crippen LogP contribution in [0.1, 0.15) is 23.4 Å². The highest BCUT2D eigenvalue weighted by Crippen LogP contribution is 2.18. The molecule has 3 aromatic rings. The third-order valence-corrected chi connectivity index (χ3v) is 4.28. The molecule has 0 saturated carbocycles. The molecule has 0 unspecified atom stereocenters. The zero-order valence-corrected chi connectivity index (χ0v) is 13.0. The first-order valence-corrected chi connectivity index (χ1v) is 8.00. The number of pyridine rings is 1. The van der Waals surface area contributed by atoms with Gasteiger partial charge in [-0.3, -0.25) is 14.6 Å². The molecule has 6 nitrogen and oxygen atoms in total. The molecule has 4 rings (SSSR count). The van der Waals surface area contributed by atoms with Crippen molar-refractivity contribution in [2.24, 2.45) is 0 Å². The monoisotopic (exact) mass is 308 g/mol. The van der Waals surface area contributed by atoms with E-state index < -0.39 is 0 Å². The van der Waals surface area contributed by atoms with Crippen molar-refractivity contribution in [2.45, 2.75) is 32.6 Å². The summed E-state index contributed by atoms with van der Waals surface area (Å²) in [4.78, 5) is 11.3. The lowest BCUT2D eigenvalue weighted by Gasteiger charge is -2.20. The van der Waals surface area contributed by atoms with E-state index in [-0.39, 0.29) is 0 Å². The Morgan fingerprint density at radius 1 is 1.09 bits per heavy atom. The maximum atomic E-state index is 4.62. The number of hydrogen-bond acceptors (Lipinski definition) is 4. The smallest absolute Gasteiger partial charge is 0.0952 e. The Morgan fingerprint density at radius 3 is 2.91 bits per heavy atom. The van der Waals surface area contributed by atoms with Gasteiger partial charge in [0.15, 0.2) is 0 Å². The Hall–Kier alpha value is -2.47. The van der Waals surface area contributed by atoms with Crippen LogP contribution >= 0.6 is 0 Å². The second-order valence-electron chi connectivity index (χ2n) is 5.96. The molecule has 0 N–H and O–H groups in total. The zero-order valence-electron chi connectivity index (χ0n) is 13.0. The molecule has 0 aliphatic carbocycles. The van der Waals surface area contributed by atoms with Crippen LogP contribution in [0, 0.1) is 0 Å². The minimum absolute atomic E-state index is 0.732. The van der Waals surface area contributed by atoms with E-state index >= 15 is 0 Å². The molecule has 0 amide bonds. The van der Waals surface area contributed by atoms with Crippen LogP contribution in [-0.2, 0) is 26.2 Å². The molecule has 0 saturated heterocycles. The van der Waals surface area contributed by atoms with E-state index in [1.54, 1.807) is 0 Å². The average Bonchev–Trinajstić information content (AvgIpc) is 3.16. The Bertz CT molecular complexity index is 747. The van der Waals surface area contributed by atoms with E-state index in [1.807, 2.05) is 47.9 Å². The SMILES string of the molecule is c1cncc(CN2CCCn3cnc(Cn4cccn4)c3C2)c1. The van der Waals surface area contributed by atoms with Crippen LogP contribution in [0.3, 0.4) is 0 Å². The summed E-state index contributed by atoms with van der Waals surface area (Å²) in [7, 11) is 0. The summed E-state index contributed by atoms with van der Waals surface area (Å²) in [6, 6.07) is 6.09. The predicted octanol–water partition coefficient (Wildman–Crippen LogP) is 1.93. The summed E-state index contributed by atoms with van der Waals surface area (Å²) in [5.41, 5.74) is 3.68. The molecule has 0 radical (unpaired) electrons. The van der Waals surface area contributed by atoms with Crippen LogP contribution in [0.25, 0.3) is 0 Å². The highest BCUT2D eigenvalue weighted by atomic mass is 15.3. The van der Waals surface area contributed by atoms with E-state index in [9.17, 15) is 0 Å². The Morgan fingerprint density at radius 2 is 2.09 bits per heavy atom. The first kappa shape index (κ1) is 14.1. The lowest BCUT2D eigenvalue weighted by atomic mass is 10.2. The highest BCUT2D eigenvalue weighted by Gasteiger charge is 2.19. The van der Waals surface area contributed by atoms with Crippen molar-refractivity contribution in [3.05, 3.63) is 66.3 Å². The molecule has 1 aliphatic heterocycles. The molecule has 118 valence electrons. The molecule has 3 aromatic heterocycles. The van der Waals surface area contributed by atoms with E-state index in [2.05, 4.69) is 30.6 Å². The molecule has 6 heteroatoms. The van der Waals surface area contributed by atoms with E-state index in [0.717, 1.165) is 44.8 Å². The lowest BCUT2D eigenvalue weighted by Crippen LogP contribution is -2.23. The van der Waals surface area contributed by atoms with Gasteiger partial charge in [0.05, 0.1) is 24.3 Å². The number of aryl methyl sites for hydroxylation is 1. The van der Waals surface area contributed by atoms with Gasteiger partial charge in [-0.1, -0.05) is 6.07 Å². The van der Waals surface area contributed by atoms with Gasteiger partial charge in [-0.25, -0.2) is 4.98 Å². The van der Waals surface area contributed by atoms with Crippen LogP contribution < -0.4 is 0 Å². The standard InChI is InChI=1S/C17H20N6/c1-4-15(10-18-5-1)11-21-7-3-8-22-14-19-16(17(22)13-21)12-23-9-2-6-20-23/h1-2,4-6,9-10,14H,3,7-8,11-13H2. The third-order valence-electron chi connectivity index (χ3n) is 4.28. The summed E-state index contributed by atoms with van der Waals surface area (Å²) in [6.45, 7) is 4.71. The van der Waals surface area contributed by atoms with Crippen LogP contribution in [0.15, 0.2) is 49.3 Å². The van der Waals surface area contributed by atoms with E-state index in [1.165, 1.54) is 11.3 Å². The summed E-state index contributed by atoms with van der Waals surface area (Å²) >= 11 is 0. The zero-order chi connectivity index (χ0) is 15.5. The van der Waals surface area contributed by atoms with Crippen LogP contribution in [0.5, 0.6) is 0 Å². The molecule has 23 heavy (non-hydrogen) atoms. The number of fused-ring (bicyclic) bond motifs is 1. The van der Waals surface area contributed by atoms with Gasteiger partial charge in [-0.15, -0.1) is 0 Å². The minimum atomic E-state index is 0.732. The molecule has 4 heterocycles. The fraction of sp³-hybridized carbons (Fsp3) is 0.353. The fourth-order valence-electron chi connectivity index (χ4n) is 3.14. The number of hydrogen-bond donors (Lipinski definition) is 0. The summed E-state index contributed by atoms with van der Waals surface area (Å²) < 4.78 is 4.22. The number of nitrogens with zero attached hydrogens (tertiary/aromatic N) is 6. The molecule has 1 aliphatic rings. The summed E-state index contributed by atoms with van der Waals surface area (Å²) in [5.74, 6) is 0. The first-order chi connectivity index (χ1) is 11.4. The van der Waals surface area contributed by atoms with Crippen LogP contribution in [-0.4, -0.2) is 35.8 Å². The van der Waals surface area contributed by atoms with Crippen molar-refractivity contribution < 1.29 is 0 Å². The molecule has 0 aromatic carbocycles. The Labute approximate surface area is 135 Å². The van der Waals surface area contributed by atoms with E-state index in [0.29, 0.717) is 0 Å². The Kier molecular flexibility index (Phi) is 3.90. The normalized spacial score (nSPS) is 15.3. The van der Waals surface area contributed by atoms with Gasteiger partial charge in [0, 0.05) is 51.0 Å². The highest BCUT2D eigenvalue weighted by molar-refractivity contribution is 5.16. The van der Waals surface area contributed by atoms with Crippen molar-refractivity contribution >= 4 is 0 Å². The van der Waals surface area contributed by atoms with Gasteiger partial charge in [-0.2, -0.15) is 5.10 Å². The Balaban J connectivity index is 1.54. The van der Waals surface area contributed by atoms with Gasteiger partial charge in [0.25, 0.3) is 0 Å². The van der Waals surface area contributed by atoms with Gasteiger partial charge in [0.1, 0.15) is 0 Å². The van der Waals surface area contributed by atoms with Crippen molar-refractivity contribution in [1.82, 2.24) is 29.2 Å². The van der Waals surface area contributed by atoms with Crippen LogP contribution in [0.4, 0.5) is 0 Å². The largest absolute Gasteiger partial charge is 0.333 e. The first-order valence-electron chi connectivity index (χ1n) is 8.00. The van der Waals surface area contributed by atoms with Crippen molar-refractivity contribution in [2.75, 3.05) is 6.54 Å². The topological polar surface area (TPSA) is 51.8 Å².